The second-order valence-corrected chi connectivity index (χ2v) is 8.35. The van der Waals surface area contributed by atoms with E-state index in [1.807, 2.05) is 6.92 Å². The van der Waals surface area contributed by atoms with Crippen molar-refractivity contribution in [2.75, 3.05) is 39.3 Å². The summed E-state index contributed by atoms with van der Waals surface area (Å²) in [5.74, 6) is 0.113. The zero-order valence-corrected chi connectivity index (χ0v) is 17.9. The van der Waals surface area contributed by atoms with Crippen LogP contribution in [0.15, 0.2) is 60.7 Å². The fraction of sp³-hybridized carbons (Fsp3) is 0.480. The predicted molar refractivity (Wildman–Crippen MR) is 119 cm³/mol. The van der Waals surface area contributed by atoms with Gasteiger partial charge in [0.25, 0.3) is 0 Å². The van der Waals surface area contributed by atoms with Crippen LogP contribution in [0.4, 0.5) is 0 Å². The normalized spacial score (nSPS) is 21.6. The molecule has 0 aliphatic carbocycles. The van der Waals surface area contributed by atoms with Crippen molar-refractivity contribution in [1.29, 1.82) is 0 Å². The van der Waals surface area contributed by atoms with Gasteiger partial charge < -0.3 is 10.1 Å². The largest absolute Gasteiger partial charge is 0.376 e. The van der Waals surface area contributed by atoms with E-state index in [1.54, 1.807) is 0 Å². The van der Waals surface area contributed by atoms with E-state index in [4.69, 9.17) is 4.74 Å². The summed E-state index contributed by atoms with van der Waals surface area (Å²) in [4.78, 5) is 17.5. The Morgan fingerprint density at radius 2 is 1.53 bits per heavy atom. The molecular weight excluding hydrogens is 374 g/mol. The Morgan fingerprint density at radius 1 is 0.967 bits per heavy atom. The van der Waals surface area contributed by atoms with Crippen LogP contribution in [0.5, 0.6) is 0 Å². The average Bonchev–Trinajstić information content (AvgIpc) is 3.33. The van der Waals surface area contributed by atoms with Gasteiger partial charge in [-0.25, -0.2) is 0 Å². The number of carbonyl (C=O) groups is 1. The first-order valence-electron chi connectivity index (χ1n) is 11.2. The molecule has 2 heterocycles. The Labute approximate surface area is 180 Å². The molecule has 160 valence electrons. The van der Waals surface area contributed by atoms with Gasteiger partial charge in [0, 0.05) is 39.3 Å². The van der Waals surface area contributed by atoms with Crippen molar-refractivity contribution in [3.63, 3.8) is 0 Å². The first-order valence-corrected chi connectivity index (χ1v) is 11.2. The third-order valence-electron chi connectivity index (χ3n) is 6.40. The van der Waals surface area contributed by atoms with E-state index in [9.17, 15) is 4.79 Å². The van der Waals surface area contributed by atoms with Crippen molar-refractivity contribution in [1.82, 2.24) is 15.1 Å². The van der Waals surface area contributed by atoms with Crippen molar-refractivity contribution in [2.24, 2.45) is 0 Å². The minimum Gasteiger partial charge on any atom is -0.376 e. The number of hydrogen-bond acceptors (Lipinski definition) is 4. The van der Waals surface area contributed by atoms with Crippen LogP contribution in [0.1, 0.15) is 36.9 Å². The zero-order chi connectivity index (χ0) is 20.8. The molecule has 0 radical (unpaired) electrons. The lowest BCUT2D eigenvalue weighted by Gasteiger charge is -2.41. The van der Waals surface area contributed by atoms with E-state index < -0.39 is 0 Å². The summed E-state index contributed by atoms with van der Waals surface area (Å²) in [6.45, 7) is 7.15. The first kappa shape index (κ1) is 21.0. The number of nitrogens with zero attached hydrogens (tertiary/aromatic N) is 2. The van der Waals surface area contributed by atoms with Crippen LogP contribution in [-0.2, 0) is 9.53 Å². The maximum absolute atomic E-state index is 12.6. The topological polar surface area (TPSA) is 44.8 Å². The maximum Gasteiger partial charge on any atom is 0.237 e. The Morgan fingerprint density at radius 3 is 2.07 bits per heavy atom. The molecule has 2 aliphatic heterocycles. The number of carbonyl (C=O) groups excluding carboxylic acids is 1. The zero-order valence-electron chi connectivity index (χ0n) is 17.9. The summed E-state index contributed by atoms with van der Waals surface area (Å²) in [5.41, 5.74) is 2.64. The molecular formula is C25H33N3O2. The number of piperazine rings is 1. The van der Waals surface area contributed by atoms with Gasteiger partial charge in [-0.15, -0.1) is 0 Å². The van der Waals surface area contributed by atoms with Gasteiger partial charge in [-0.3, -0.25) is 14.6 Å². The SMILES string of the molecule is C[C@H](C(=O)NC[C@@H]1CCCO1)N1CCN(C(c2ccccc2)c2ccccc2)CC1. The number of nitrogens with one attached hydrogen (secondary N) is 1. The van der Waals surface area contributed by atoms with Gasteiger partial charge in [0.2, 0.25) is 5.91 Å². The van der Waals surface area contributed by atoms with Gasteiger partial charge in [-0.05, 0) is 30.9 Å². The Bertz CT molecular complexity index is 745. The van der Waals surface area contributed by atoms with Crippen molar-refractivity contribution in [3.8, 4) is 0 Å². The van der Waals surface area contributed by atoms with Crippen LogP contribution in [-0.4, -0.2) is 67.2 Å². The van der Waals surface area contributed by atoms with Crippen molar-refractivity contribution in [3.05, 3.63) is 71.8 Å². The van der Waals surface area contributed by atoms with E-state index in [0.717, 1.165) is 45.6 Å². The Hall–Kier alpha value is -2.21. The van der Waals surface area contributed by atoms with E-state index in [0.29, 0.717) is 6.54 Å². The molecule has 0 unspecified atom stereocenters. The van der Waals surface area contributed by atoms with Crippen LogP contribution in [0.3, 0.4) is 0 Å². The molecule has 0 saturated carbocycles. The molecule has 30 heavy (non-hydrogen) atoms. The number of hydrogen-bond donors (Lipinski definition) is 1. The molecule has 5 heteroatoms. The molecule has 2 aromatic carbocycles. The van der Waals surface area contributed by atoms with E-state index in [-0.39, 0.29) is 24.1 Å². The quantitative estimate of drug-likeness (QED) is 0.766. The maximum atomic E-state index is 12.6. The number of rotatable bonds is 7. The molecule has 2 aliphatic rings. The summed E-state index contributed by atoms with van der Waals surface area (Å²) in [6, 6.07) is 21.6. The molecule has 1 amide bonds. The molecule has 2 atom stereocenters. The second-order valence-electron chi connectivity index (χ2n) is 8.35. The molecule has 1 N–H and O–H groups in total. The summed E-state index contributed by atoms with van der Waals surface area (Å²) >= 11 is 0. The third-order valence-corrected chi connectivity index (χ3v) is 6.40. The smallest absolute Gasteiger partial charge is 0.237 e. The second kappa shape index (κ2) is 10.2. The standard InChI is InChI=1S/C25H33N3O2/c1-20(25(29)26-19-23-13-8-18-30-23)27-14-16-28(17-15-27)24(21-9-4-2-5-10-21)22-11-6-3-7-12-22/h2-7,9-12,20,23-24H,8,13-19H2,1H3,(H,26,29)/t20-,23+/m1/s1. The molecule has 0 bridgehead atoms. The number of amides is 1. The van der Waals surface area contributed by atoms with Gasteiger partial charge in [-0.2, -0.15) is 0 Å². The molecule has 5 nitrogen and oxygen atoms in total. The van der Waals surface area contributed by atoms with E-state index in [1.165, 1.54) is 11.1 Å². The number of ether oxygens (including phenoxy) is 1. The fourth-order valence-corrected chi connectivity index (χ4v) is 4.60. The minimum absolute atomic E-state index is 0.111. The number of benzene rings is 2. The third kappa shape index (κ3) is 5.09. The predicted octanol–water partition coefficient (Wildman–Crippen LogP) is 3.08. The summed E-state index contributed by atoms with van der Waals surface area (Å²) < 4.78 is 5.62. The monoisotopic (exact) mass is 407 g/mol. The summed E-state index contributed by atoms with van der Waals surface area (Å²) in [6.07, 6.45) is 2.34. The van der Waals surface area contributed by atoms with Crippen LogP contribution < -0.4 is 5.32 Å². The van der Waals surface area contributed by atoms with E-state index in [2.05, 4.69) is 75.8 Å². The summed E-state index contributed by atoms with van der Waals surface area (Å²) in [7, 11) is 0. The van der Waals surface area contributed by atoms with Crippen LogP contribution in [0, 0.1) is 0 Å². The van der Waals surface area contributed by atoms with Gasteiger partial charge in [0.1, 0.15) is 0 Å². The average molecular weight is 408 g/mol. The summed E-state index contributed by atoms with van der Waals surface area (Å²) in [5, 5.41) is 3.09. The van der Waals surface area contributed by atoms with Crippen molar-refractivity contribution in [2.45, 2.75) is 38.0 Å². The minimum atomic E-state index is -0.111. The lowest BCUT2D eigenvalue weighted by molar-refractivity contribution is -0.127. The highest BCUT2D eigenvalue weighted by Crippen LogP contribution is 2.29. The van der Waals surface area contributed by atoms with Gasteiger partial charge >= 0.3 is 0 Å². The van der Waals surface area contributed by atoms with Crippen molar-refractivity contribution < 1.29 is 9.53 Å². The molecule has 2 saturated heterocycles. The van der Waals surface area contributed by atoms with Crippen LogP contribution >= 0.6 is 0 Å². The van der Waals surface area contributed by atoms with E-state index >= 15 is 0 Å². The molecule has 4 rings (SSSR count). The van der Waals surface area contributed by atoms with Gasteiger partial charge in [0.05, 0.1) is 18.2 Å². The molecule has 0 spiro atoms. The fourth-order valence-electron chi connectivity index (χ4n) is 4.60. The Balaban J connectivity index is 1.36. The lowest BCUT2D eigenvalue weighted by Crippen LogP contribution is -2.55. The molecule has 0 aromatic heterocycles. The highest BCUT2D eigenvalue weighted by molar-refractivity contribution is 5.81. The first-order chi connectivity index (χ1) is 14.7. The highest BCUT2D eigenvalue weighted by atomic mass is 16.5. The van der Waals surface area contributed by atoms with Gasteiger partial charge in [-0.1, -0.05) is 60.7 Å². The van der Waals surface area contributed by atoms with Crippen molar-refractivity contribution >= 4 is 5.91 Å². The molecule has 2 aromatic rings. The lowest BCUT2D eigenvalue weighted by atomic mass is 9.96. The van der Waals surface area contributed by atoms with Gasteiger partial charge in [0.15, 0.2) is 0 Å². The molecule has 2 fully saturated rings. The van der Waals surface area contributed by atoms with Crippen LogP contribution in [0.2, 0.25) is 0 Å². The Kier molecular flexibility index (Phi) is 7.16. The highest BCUT2D eigenvalue weighted by Gasteiger charge is 2.30. The van der Waals surface area contributed by atoms with Crippen LogP contribution in [0.25, 0.3) is 0 Å².